The molecule has 0 fully saturated rings. The van der Waals surface area contributed by atoms with E-state index in [2.05, 4.69) is 42.0 Å². The molecule has 0 aliphatic heterocycles. The predicted molar refractivity (Wildman–Crippen MR) is 81.2 cm³/mol. The summed E-state index contributed by atoms with van der Waals surface area (Å²) in [7, 11) is 0. The van der Waals surface area contributed by atoms with Crippen LogP contribution in [0.2, 0.25) is 0 Å². The highest BCUT2D eigenvalue weighted by Gasteiger charge is 2.23. The van der Waals surface area contributed by atoms with Crippen molar-refractivity contribution in [3.8, 4) is 0 Å². The van der Waals surface area contributed by atoms with Gasteiger partial charge >= 0.3 is 0 Å². The van der Waals surface area contributed by atoms with Gasteiger partial charge in [0.1, 0.15) is 0 Å². The van der Waals surface area contributed by atoms with Crippen molar-refractivity contribution in [3.05, 3.63) is 38.3 Å². The van der Waals surface area contributed by atoms with Crippen LogP contribution in [0.4, 0.5) is 5.69 Å². The minimum atomic E-state index is -0.379. The fourth-order valence-electron chi connectivity index (χ4n) is 2.20. The topological polar surface area (TPSA) is 55.2 Å². The van der Waals surface area contributed by atoms with Crippen molar-refractivity contribution in [1.82, 2.24) is 5.32 Å². The Balaban J connectivity index is 2.80. The lowest BCUT2D eigenvalue weighted by Crippen LogP contribution is -2.43. The largest absolute Gasteiger partial charge is 0.307 e. The maximum absolute atomic E-state index is 10.7. The van der Waals surface area contributed by atoms with Gasteiger partial charge in [-0.2, -0.15) is 0 Å². The maximum atomic E-state index is 10.7. The Hall–Kier alpha value is -0.940. The van der Waals surface area contributed by atoms with Crippen molar-refractivity contribution in [2.24, 2.45) is 0 Å². The van der Waals surface area contributed by atoms with Crippen LogP contribution in [-0.2, 0) is 6.54 Å². The summed E-state index contributed by atoms with van der Waals surface area (Å²) in [5.74, 6) is 0. The number of nitrogens with one attached hydrogen (secondary N) is 1. The van der Waals surface area contributed by atoms with Gasteiger partial charge in [0.25, 0.3) is 5.69 Å². The Labute approximate surface area is 122 Å². The molecule has 4 nitrogen and oxygen atoms in total. The molecule has 0 saturated heterocycles. The fourth-order valence-corrected chi connectivity index (χ4v) is 2.71. The lowest BCUT2D eigenvalue weighted by Gasteiger charge is -2.32. The van der Waals surface area contributed by atoms with E-state index in [1.165, 1.54) is 0 Å². The lowest BCUT2D eigenvalue weighted by atomic mass is 9.89. The number of nitro benzene ring substituents is 1. The van der Waals surface area contributed by atoms with E-state index in [9.17, 15) is 10.1 Å². The normalized spacial score (nSPS) is 11.6. The first-order chi connectivity index (χ1) is 8.98. The monoisotopic (exact) mass is 328 g/mol. The molecule has 0 aromatic heterocycles. The van der Waals surface area contributed by atoms with Gasteiger partial charge in [0, 0.05) is 28.7 Å². The summed E-state index contributed by atoms with van der Waals surface area (Å²) in [4.78, 5) is 10.3. The van der Waals surface area contributed by atoms with Gasteiger partial charge in [-0.25, -0.2) is 0 Å². The smallest absolute Gasteiger partial charge is 0.270 e. The van der Waals surface area contributed by atoms with Crippen molar-refractivity contribution in [3.63, 3.8) is 0 Å². The summed E-state index contributed by atoms with van der Waals surface area (Å²) in [6.07, 6.45) is 3.22. The molecule has 0 heterocycles. The van der Waals surface area contributed by atoms with Crippen LogP contribution in [0.5, 0.6) is 0 Å². The van der Waals surface area contributed by atoms with E-state index >= 15 is 0 Å². The second kappa shape index (κ2) is 7.01. The molecule has 0 amide bonds. The Morgan fingerprint density at radius 1 is 1.26 bits per heavy atom. The molecule has 0 atom stereocenters. The number of hydrogen-bond donors (Lipinski definition) is 1. The van der Waals surface area contributed by atoms with E-state index in [0.717, 1.165) is 29.3 Å². The van der Waals surface area contributed by atoms with Crippen molar-refractivity contribution in [2.75, 3.05) is 0 Å². The van der Waals surface area contributed by atoms with Crippen LogP contribution < -0.4 is 5.32 Å². The Morgan fingerprint density at radius 2 is 1.84 bits per heavy atom. The number of non-ortho nitro benzene ring substituents is 1. The Morgan fingerprint density at radius 3 is 2.26 bits per heavy atom. The molecule has 0 aliphatic carbocycles. The molecule has 1 aromatic carbocycles. The number of hydrogen-bond acceptors (Lipinski definition) is 3. The summed E-state index contributed by atoms with van der Waals surface area (Å²) in [6, 6.07) is 4.91. The quantitative estimate of drug-likeness (QED) is 0.595. The molecule has 1 rings (SSSR count). The van der Waals surface area contributed by atoms with Crippen LogP contribution in [0.3, 0.4) is 0 Å². The van der Waals surface area contributed by atoms with Gasteiger partial charge in [-0.1, -0.05) is 36.7 Å². The van der Waals surface area contributed by atoms with Crippen LogP contribution >= 0.6 is 15.9 Å². The highest BCUT2D eigenvalue weighted by Crippen LogP contribution is 2.25. The van der Waals surface area contributed by atoms with Gasteiger partial charge in [-0.05, 0) is 30.9 Å². The Kier molecular flexibility index (Phi) is 5.94. The first-order valence-corrected chi connectivity index (χ1v) is 7.45. The minimum absolute atomic E-state index is 0.114. The maximum Gasteiger partial charge on any atom is 0.270 e. The number of benzene rings is 1. The first-order valence-electron chi connectivity index (χ1n) is 6.65. The first kappa shape index (κ1) is 16.1. The molecule has 0 radical (unpaired) electrons. The predicted octanol–water partition coefficient (Wildman–Crippen LogP) is 4.42. The molecule has 0 unspecified atom stereocenters. The summed E-state index contributed by atoms with van der Waals surface area (Å²) in [6.45, 7) is 7.27. The van der Waals surface area contributed by atoms with E-state index in [-0.39, 0.29) is 16.1 Å². The number of rotatable bonds is 7. The highest BCUT2D eigenvalue weighted by atomic mass is 79.9. The molecule has 1 aromatic rings. The van der Waals surface area contributed by atoms with E-state index in [1.54, 1.807) is 18.2 Å². The highest BCUT2D eigenvalue weighted by molar-refractivity contribution is 9.10. The third kappa shape index (κ3) is 4.01. The van der Waals surface area contributed by atoms with Crippen LogP contribution in [0.25, 0.3) is 0 Å². The minimum Gasteiger partial charge on any atom is -0.307 e. The number of nitro groups is 1. The van der Waals surface area contributed by atoms with Gasteiger partial charge in [0.15, 0.2) is 0 Å². The van der Waals surface area contributed by atoms with Crippen LogP contribution in [0.15, 0.2) is 22.7 Å². The molecule has 0 aliphatic rings. The van der Waals surface area contributed by atoms with Gasteiger partial charge in [-0.15, -0.1) is 0 Å². The summed E-state index contributed by atoms with van der Waals surface area (Å²) in [5, 5.41) is 14.3. The van der Waals surface area contributed by atoms with E-state index < -0.39 is 0 Å². The van der Waals surface area contributed by atoms with Crippen molar-refractivity contribution >= 4 is 21.6 Å². The zero-order valence-corrected chi connectivity index (χ0v) is 13.3. The second-order valence-corrected chi connectivity index (χ2v) is 5.58. The molecule has 0 spiro atoms. The van der Waals surface area contributed by atoms with Crippen molar-refractivity contribution in [2.45, 2.75) is 52.1 Å². The fraction of sp³-hybridized carbons (Fsp3) is 0.571. The van der Waals surface area contributed by atoms with Gasteiger partial charge in [0.05, 0.1) is 4.92 Å². The van der Waals surface area contributed by atoms with Crippen LogP contribution in [0.1, 0.15) is 45.6 Å². The zero-order valence-electron chi connectivity index (χ0n) is 11.7. The molecule has 0 saturated carbocycles. The molecule has 1 N–H and O–H groups in total. The van der Waals surface area contributed by atoms with Crippen LogP contribution in [-0.4, -0.2) is 10.5 Å². The average Bonchev–Trinajstić information content (AvgIpc) is 2.42. The summed E-state index contributed by atoms with van der Waals surface area (Å²) in [5.41, 5.74) is 1.31. The molecule has 5 heteroatoms. The van der Waals surface area contributed by atoms with Crippen LogP contribution in [0, 0.1) is 10.1 Å². The second-order valence-electron chi connectivity index (χ2n) is 4.73. The molecule has 19 heavy (non-hydrogen) atoms. The standard InChI is InChI=1S/C14H21BrN2O2/c1-4-14(5-2,6-3)16-10-11-7-8-12(17(18)19)9-13(11)15/h7-9,16H,4-6,10H2,1-3H3. The summed E-state index contributed by atoms with van der Waals surface area (Å²) >= 11 is 3.40. The molecular weight excluding hydrogens is 308 g/mol. The number of nitrogens with zero attached hydrogens (tertiary/aromatic N) is 1. The SMILES string of the molecule is CCC(CC)(CC)NCc1ccc([N+](=O)[O-])cc1Br. The molecular formula is C14H21BrN2O2. The zero-order chi connectivity index (χ0) is 14.5. The molecule has 0 bridgehead atoms. The van der Waals surface area contributed by atoms with E-state index in [1.807, 2.05) is 0 Å². The van der Waals surface area contributed by atoms with Crippen molar-refractivity contribution < 1.29 is 4.92 Å². The third-order valence-corrected chi connectivity index (χ3v) is 4.67. The van der Waals surface area contributed by atoms with Gasteiger partial charge in [0.2, 0.25) is 0 Å². The third-order valence-electron chi connectivity index (χ3n) is 3.93. The average molecular weight is 329 g/mol. The number of halogens is 1. The lowest BCUT2D eigenvalue weighted by molar-refractivity contribution is -0.384. The van der Waals surface area contributed by atoms with E-state index in [0.29, 0.717) is 6.54 Å². The van der Waals surface area contributed by atoms with Crippen molar-refractivity contribution in [1.29, 1.82) is 0 Å². The van der Waals surface area contributed by atoms with Gasteiger partial charge < -0.3 is 5.32 Å². The summed E-state index contributed by atoms with van der Waals surface area (Å²) < 4.78 is 0.784. The Bertz CT molecular complexity index is 437. The molecule has 106 valence electrons. The van der Waals surface area contributed by atoms with E-state index in [4.69, 9.17) is 0 Å². The van der Waals surface area contributed by atoms with Gasteiger partial charge in [-0.3, -0.25) is 10.1 Å².